The van der Waals surface area contributed by atoms with Crippen LogP contribution in [0.4, 0.5) is 0 Å². The Kier molecular flexibility index (Phi) is 10.8. The van der Waals surface area contributed by atoms with E-state index in [4.69, 9.17) is 10.1 Å². The highest BCUT2D eigenvalue weighted by Gasteiger charge is 2.36. The van der Waals surface area contributed by atoms with E-state index in [1.807, 2.05) is 19.1 Å². The van der Waals surface area contributed by atoms with Gasteiger partial charge >= 0.3 is 11.9 Å². The fourth-order valence-corrected chi connectivity index (χ4v) is 7.14. The van der Waals surface area contributed by atoms with Gasteiger partial charge in [-0.25, -0.2) is 9.68 Å². The van der Waals surface area contributed by atoms with Gasteiger partial charge in [0, 0.05) is 69.4 Å². The number of hydroxylamine groups is 1. The Morgan fingerprint density at radius 1 is 1.02 bits per heavy atom. The number of fused-ring (bicyclic) bond motifs is 8. The minimum Gasteiger partial charge on any atom is -0.481 e. The number of aromatic amines is 3. The third kappa shape index (κ3) is 7.09. The standard InChI is InChI=1S/C37H47N5O7/c1-8-23-19(4)27-14-29-21(6)25(10-11-33(43)44)35(40-29)26(12-13-48-42-18(3)17-49-47)36-34(37(45)46)22(7)30(41-36)16-32-24(9-2)20(5)28(39-32)15-31(23)38-27/h8,14-16,18,21,25,38-42,47H,1,9-13,17H2,2-7H3,(H,43,44)(H,45,46)/t18-,21-,25-/m0/s1. The Bertz CT molecular complexity index is 1960. The van der Waals surface area contributed by atoms with Crippen molar-refractivity contribution < 1.29 is 34.8 Å². The molecule has 1 fully saturated rings. The monoisotopic (exact) mass is 673 g/mol. The number of hydrogen-bond acceptors (Lipinski definition) is 7. The number of carbonyl (C=O) groups is 2. The van der Waals surface area contributed by atoms with E-state index < -0.39 is 11.9 Å². The molecule has 0 unspecified atom stereocenters. The first-order valence-electron chi connectivity index (χ1n) is 16.7. The van der Waals surface area contributed by atoms with E-state index in [1.54, 1.807) is 13.8 Å². The molecule has 0 saturated carbocycles. The van der Waals surface area contributed by atoms with Crippen LogP contribution in [0.2, 0.25) is 0 Å². The van der Waals surface area contributed by atoms with Crippen LogP contribution in [0.5, 0.6) is 0 Å². The topological polar surface area (TPSA) is 185 Å². The van der Waals surface area contributed by atoms with E-state index in [9.17, 15) is 19.8 Å². The minimum atomic E-state index is -1.07. The smallest absolute Gasteiger partial charge is 0.338 e. The summed E-state index contributed by atoms with van der Waals surface area (Å²) < 4.78 is 0. The number of allylic oxidation sites excluding steroid dienone is 2. The Balaban J connectivity index is 1.83. The molecule has 3 aromatic rings. The van der Waals surface area contributed by atoms with E-state index in [-0.39, 0.29) is 43.1 Å². The first-order valence-corrected chi connectivity index (χ1v) is 16.7. The van der Waals surface area contributed by atoms with Crippen molar-refractivity contribution in [2.75, 3.05) is 13.2 Å². The van der Waals surface area contributed by atoms with E-state index in [0.29, 0.717) is 35.4 Å². The molecule has 5 rings (SSSR count). The van der Waals surface area contributed by atoms with Crippen molar-refractivity contribution in [3.63, 3.8) is 0 Å². The lowest BCUT2D eigenvalue weighted by molar-refractivity contribution is -0.250. The maximum absolute atomic E-state index is 13.0. The largest absolute Gasteiger partial charge is 0.481 e. The van der Waals surface area contributed by atoms with Gasteiger partial charge in [0.2, 0.25) is 0 Å². The number of aromatic nitrogens is 3. The molecular weight excluding hydrogens is 626 g/mol. The van der Waals surface area contributed by atoms with Gasteiger partial charge in [-0.1, -0.05) is 26.5 Å². The zero-order valence-electron chi connectivity index (χ0n) is 29.0. The molecule has 12 nitrogen and oxygen atoms in total. The molecule has 49 heavy (non-hydrogen) atoms. The predicted octanol–water partition coefficient (Wildman–Crippen LogP) is 4.73. The summed E-state index contributed by atoms with van der Waals surface area (Å²) in [5.74, 6) is -2.34. The number of H-pyrrole nitrogens is 3. The fraction of sp³-hybridized carbons (Fsp3) is 0.405. The Hall–Kier alpha value is -4.62. The molecule has 5 heterocycles. The first-order chi connectivity index (χ1) is 23.4. The SMILES string of the molecule is C=Cc1c2[nH]c(c1C)C=C1NC(=C(CCON[C@@H](C)COO)c3[nH]c(c(C)c3C(=O)O)C=c3[nH]c(c(C)c3CC)=C2)[C@@H](CCC(=O)O)[C@@H]1C. The Morgan fingerprint density at radius 2 is 1.73 bits per heavy atom. The molecule has 262 valence electrons. The van der Waals surface area contributed by atoms with Crippen molar-refractivity contribution in [1.29, 1.82) is 0 Å². The number of nitrogens with one attached hydrogen (secondary N) is 5. The maximum Gasteiger partial charge on any atom is 0.338 e. The van der Waals surface area contributed by atoms with Crippen molar-refractivity contribution in [2.24, 2.45) is 11.8 Å². The molecule has 1 saturated heterocycles. The number of hydrogen-bond donors (Lipinski definition) is 8. The molecule has 0 radical (unpaired) electrons. The number of carboxylic acid groups (broad SMARTS) is 2. The van der Waals surface area contributed by atoms with Gasteiger partial charge in [-0.2, -0.15) is 5.48 Å². The van der Waals surface area contributed by atoms with E-state index >= 15 is 0 Å². The molecule has 3 aromatic heterocycles. The van der Waals surface area contributed by atoms with Crippen molar-refractivity contribution in [1.82, 2.24) is 25.7 Å². The van der Waals surface area contributed by atoms with Crippen LogP contribution in [-0.4, -0.2) is 61.6 Å². The Morgan fingerprint density at radius 3 is 2.39 bits per heavy atom. The molecule has 8 N–H and O–H groups in total. The number of aromatic carboxylic acids is 1. The van der Waals surface area contributed by atoms with Gasteiger partial charge in [-0.05, 0) is 86.6 Å². The van der Waals surface area contributed by atoms with Crippen LogP contribution in [0.3, 0.4) is 0 Å². The Labute approximate surface area is 285 Å². The van der Waals surface area contributed by atoms with Crippen molar-refractivity contribution in [3.05, 3.63) is 84.8 Å². The van der Waals surface area contributed by atoms with Crippen LogP contribution in [0.15, 0.2) is 18.0 Å². The van der Waals surface area contributed by atoms with Gasteiger partial charge in [0.25, 0.3) is 0 Å². The molecule has 0 amide bonds. The number of rotatable bonds is 13. The summed E-state index contributed by atoms with van der Waals surface area (Å²) in [4.78, 5) is 45.4. The molecular formula is C37H47N5O7. The highest BCUT2D eigenvalue weighted by atomic mass is 17.1. The molecule has 0 spiro atoms. The van der Waals surface area contributed by atoms with Crippen molar-refractivity contribution in [3.8, 4) is 0 Å². The second-order valence-corrected chi connectivity index (χ2v) is 13.0. The van der Waals surface area contributed by atoms with Crippen LogP contribution in [0, 0.1) is 32.6 Å². The highest BCUT2D eigenvalue weighted by Crippen LogP contribution is 2.42. The molecule has 0 aromatic carbocycles. The highest BCUT2D eigenvalue weighted by molar-refractivity contribution is 5.97. The summed E-state index contributed by atoms with van der Waals surface area (Å²) in [7, 11) is 0. The fourth-order valence-electron chi connectivity index (χ4n) is 7.14. The summed E-state index contributed by atoms with van der Waals surface area (Å²) in [6.07, 6.45) is 9.31. The maximum atomic E-state index is 13.0. The zero-order chi connectivity index (χ0) is 35.6. The zero-order valence-corrected chi connectivity index (χ0v) is 29.0. The lowest BCUT2D eigenvalue weighted by Crippen LogP contribution is -2.30. The van der Waals surface area contributed by atoms with Gasteiger partial charge in [-0.15, -0.1) is 0 Å². The van der Waals surface area contributed by atoms with Gasteiger partial charge < -0.3 is 35.3 Å². The molecule has 8 bridgehead atoms. The van der Waals surface area contributed by atoms with Gasteiger partial charge in [0.1, 0.15) is 0 Å². The first kappa shape index (κ1) is 35.7. The number of aliphatic carboxylic acids is 1. The van der Waals surface area contributed by atoms with Gasteiger partial charge in [0.05, 0.1) is 30.5 Å². The number of carboxylic acids is 2. The molecule has 0 aliphatic carbocycles. The third-order valence-electron chi connectivity index (χ3n) is 9.86. The van der Waals surface area contributed by atoms with Crippen LogP contribution in [-0.2, 0) is 20.9 Å². The second-order valence-electron chi connectivity index (χ2n) is 13.0. The van der Waals surface area contributed by atoms with E-state index in [2.05, 4.69) is 70.1 Å². The average Bonchev–Trinajstić information content (AvgIpc) is 3.73. The molecule has 12 heteroatoms. The third-order valence-corrected chi connectivity index (χ3v) is 9.86. The summed E-state index contributed by atoms with van der Waals surface area (Å²) >= 11 is 0. The van der Waals surface area contributed by atoms with Crippen LogP contribution >= 0.6 is 0 Å². The van der Waals surface area contributed by atoms with E-state index in [0.717, 1.165) is 62.2 Å². The average molecular weight is 674 g/mol. The van der Waals surface area contributed by atoms with Crippen molar-refractivity contribution >= 4 is 41.8 Å². The van der Waals surface area contributed by atoms with Crippen molar-refractivity contribution in [2.45, 2.75) is 73.3 Å². The summed E-state index contributed by atoms with van der Waals surface area (Å²) in [6, 6.07) is -0.306. The molecule has 3 atom stereocenters. The van der Waals surface area contributed by atoms with Crippen LogP contribution in [0.1, 0.15) is 101 Å². The summed E-state index contributed by atoms with van der Waals surface area (Å²) in [5, 5.41) is 34.6. The van der Waals surface area contributed by atoms with Gasteiger partial charge in [-0.3, -0.25) is 10.1 Å². The van der Waals surface area contributed by atoms with E-state index in [1.165, 1.54) is 0 Å². The quantitative estimate of drug-likeness (QED) is 0.0722. The molecule has 2 aliphatic rings. The van der Waals surface area contributed by atoms with Crippen LogP contribution < -0.4 is 21.5 Å². The predicted molar refractivity (Wildman–Crippen MR) is 189 cm³/mol. The second kappa shape index (κ2) is 14.9. The van der Waals surface area contributed by atoms with Crippen LogP contribution in [0.25, 0.3) is 29.9 Å². The summed E-state index contributed by atoms with van der Waals surface area (Å²) in [5.41, 5.74) is 13.0. The minimum absolute atomic E-state index is 0.0154. The lowest BCUT2D eigenvalue weighted by atomic mass is 9.85. The lowest BCUT2D eigenvalue weighted by Gasteiger charge is -2.20. The summed E-state index contributed by atoms with van der Waals surface area (Å²) in [6.45, 7) is 16.1. The normalized spacial score (nSPS) is 17.7. The molecule has 2 aliphatic heterocycles. The van der Waals surface area contributed by atoms with Gasteiger partial charge in [0.15, 0.2) is 0 Å².